The number of carbonyl (C=O) groups excluding carboxylic acids is 1. The molecule has 1 atom stereocenters. The summed E-state index contributed by atoms with van der Waals surface area (Å²) in [5.41, 5.74) is 4.18. The maximum Gasteiger partial charge on any atom is 0.227 e. The zero-order chi connectivity index (χ0) is 23.5. The van der Waals surface area contributed by atoms with E-state index in [1.807, 2.05) is 59.5 Å². The fourth-order valence-electron chi connectivity index (χ4n) is 4.58. The molecular weight excluding hydrogens is 426 g/mol. The van der Waals surface area contributed by atoms with E-state index >= 15 is 0 Å². The molecule has 0 N–H and O–H groups in total. The molecule has 0 unspecified atom stereocenters. The molecule has 1 aliphatic heterocycles. The van der Waals surface area contributed by atoms with Crippen molar-refractivity contribution in [2.24, 2.45) is 0 Å². The van der Waals surface area contributed by atoms with Gasteiger partial charge in [0.05, 0.1) is 24.8 Å². The maximum absolute atomic E-state index is 12.9. The summed E-state index contributed by atoms with van der Waals surface area (Å²) in [6, 6.07) is 24.0. The van der Waals surface area contributed by atoms with Crippen molar-refractivity contribution in [3.05, 3.63) is 84.2 Å². The molecule has 0 bridgehead atoms. The van der Waals surface area contributed by atoms with Gasteiger partial charge < -0.3 is 18.9 Å². The number of hydrogen-bond acceptors (Lipinski definition) is 4. The molecule has 1 aromatic heterocycles. The van der Waals surface area contributed by atoms with Crippen LogP contribution in [0.15, 0.2) is 72.8 Å². The largest absolute Gasteiger partial charge is 0.497 e. The number of fused-ring (bicyclic) bond motifs is 1. The van der Waals surface area contributed by atoms with Crippen molar-refractivity contribution in [2.45, 2.75) is 32.2 Å². The first-order valence-corrected chi connectivity index (χ1v) is 11.7. The highest BCUT2D eigenvalue weighted by molar-refractivity contribution is 5.96. The quantitative estimate of drug-likeness (QED) is 0.337. The highest BCUT2D eigenvalue weighted by Crippen LogP contribution is 2.34. The number of methoxy groups -OCH3 is 1. The minimum absolute atomic E-state index is 0.0417. The molecule has 2 heterocycles. The van der Waals surface area contributed by atoms with Gasteiger partial charge in [-0.05, 0) is 61.9 Å². The van der Waals surface area contributed by atoms with Crippen LogP contribution in [0.4, 0.5) is 5.69 Å². The van der Waals surface area contributed by atoms with Gasteiger partial charge in [-0.25, -0.2) is 4.98 Å². The number of hydrogen-bond donors (Lipinski definition) is 0. The molecule has 4 aromatic rings. The van der Waals surface area contributed by atoms with Crippen molar-refractivity contribution in [3.8, 4) is 11.5 Å². The number of aromatic nitrogens is 2. The van der Waals surface area contributed by atoms with Crippen molar-refractivity contribution >= 4 is 22.6 Å². The van der Waals surface area contributed by atoms with E-state index in [1.54, 1.807) is 7.11 Å². The molecule has 0 aliphatic carbocycles. The third kappa shape index (κ3) is 4.49. The molecule has 3 aromatic carbocycles. The summed E-state index contributed by atoms with van der Waals surface area (Å²) in [5.74, 6) is 2.80. The van der Waals surface area contributed by atoms with E-state index in [0.717, 1.165) is 47.0 Å². The molecule has 1 saturated heterocycles. The van der Waals surface area contributed by atoms with Crippen LogP contribution < -0.4 is 14.4 Å². The monoisotopic (exact) mass is 455 g/mol. The van der Waals surface area contributed by atoms with E-state index in [9.17, 15) is 4.79 Å². The molecule has 6 heteroatoms. The van der Waals surface area contributed by atoms with Gasteiger partial charge in [-0.2, -0.15) is 0 Å². The molecule has 1 aliphatic rings. The second kappa shape index (κ2) is 9.59. The van der Waals surface area contributed by atoms with Crippen LogP contribution in [-0.4, -0.2) is 35.7 Å². The molecule has 6 nitrogen and oxygen atoms in total. The fourth-order valence-corrected chi connectivity index (χ4v) is 4.58. The predicted molar refractivity (Wildman–Crippen MR) is 134 cm³/mol. The fraction of sp³-hybridized carbons (Fsp3) is 0.286. The van der Waals surface area contributed by atoms with Crippen LogP contribution in [0.1, 0.15) is 30.1 Å². The Kier molecular flexibility index (Phi) is 6.21. The second-order valence-electron chi connectivity index (χ2n) is 8.73. The highest BCUT2D eigenvalue weighted by atomic mass is 16.5. The number of para-hydroxylation sites is 2. The molecule has 0 spiro atoms. The average Bonchev–Trinajstić information content (AvgIpc) is 3.43. The van der Waals surface area contributed by atoms with Gasteiger partial charge in [0.15, 0.2) is 0 Å². The third-order valence-electron chi connectivity index (χ3n) is 6.37. The van der Waals surface area contributed by atoms with Gasteiger partial charge in [0.1, 0.15) is 17.3 Å². The second-order valence-corrected chi connectivity index (χ2v) is 8.73. The van der Waals surface area contributed by atoms with Crippen molar-refractivity contribution in [1.29, 1.82) is 0 Å². The van der Waals surface area contributed by atoms with Crippen LogP contribution >= 0.6 is 0 Å². The Morgan fingerprint density at radius 1 is 0.971 bits per heavy atom. The Hall–Kier alpha value is -3.80. The van der Waals surface area contributed by atoms with E-state index in [4.69, 9.17) is 14.5 Å². The summed E-state index contributed by atoms with van der Waals surface area (Å²) in [5, 5.41) is 0. The molecular formula is C28H29N3O3. The molecule has 0 saturated carbocycles. The number of nitrogens with zero attached hydrogens (tertiary/aromatic N) is 3. The Morgan fingerprint density at radius 2 is 1.71 bits per heavy atom. The Bertz CT molecular complexity index is 1280. The summed E-state index contributed by atoms with van der Waals surface area (Å²) < 4.78 is 13.5. The first-order chi connectivity index (χ1) is 16.6. The van der Waals surface area contributed by atoms with Gasteiger partial charge in [0.25, 0.3) is 0 Å². The van der Waals surface area contributed by atoms with Crippen LogP contribution in [0.2, 0.25) is 0 Å². The minimum atomic E-state index is 0.0417. The number of amides is 1. The van der Waals surface area contributed by atoms with Gasteiger partial charge >= 0.3 is 0 Å². The van der Waals surface area contributed by atoms with Crippen LogP contribution in [-0.2, 0) is 11.3 Å². The van der Waals surface area contributed by atoms with Gasteiger partial charge in [-0.15, -0.1) is 0 Å². The van der Waals surface area contributed by atoms with Crippen molar-refractivity contribution in [3.63, 3.8) is 0 Å². The molecule has 5 rings (SSSR count). The van der Waals surface area contributed by atoms with Gasteiger partial charge in [0.2, 0.25) is 5.91 Å². The lowest BCUT2D eigenvalue weighted by Crippen LogP contribution is -2.24. The van der Waals surface area contributed by atoms with Gasteiger partial charge in [-0.1, -0.05) is 29.8 Å². The number of benzene rings is 3. The lowest BCUT2D eigenvalue weighted by Gasteiger charge is -2.18. The number of imidazole rings is 1. The standard InChI is InChI=1S/C28H29N3O3/c1-20-8-12-24(13-9-20)34-17-5-16-30-26-7-4-3-6-25(26)29-28(30)21-18-27(32)31(19-21)22-10-14-23(33-2)15-11-22/h3-4,6-15,21H,5,16-19H2,1-2H3/t21-/m0/s1. The van der Waals surface area contributed by atoms with Crippen molar-refractivity contribution < 1.29 is 14.3 Å². The molecule has 174 valence electrons. The van der Waals surface area contributed by atoms with Crippen molar-refractivity contribution in [1.82, 2.24) is 9.55 Å². The lowest BCUT2D eigenvalue weighted by atomic mass is 10.1. The number of carbonyl (C=O) groups is 1. The summed E-state index contributed by atoms with van der Waals surface area (Å²) in [4.78, 5) is 19.7. The van der Waals surface area contributed by atoms with Crippen LogP contribution in [0, 0.1) is 6.92 Å². The number of rotatable bonds is 8. The third-order valence-corrected chi connectivity index (χ3v) is 6.37. The SMILES string of the molecule is COc1ccc(N2C[C@@H](c3nc4ccccc4n3CCCOc3ccc(C)cc3)CC2=O)cc1. The molecule has 1 fully saturated rings. The van der Waals surface area contributed by atoms with Crippen LogP contribution in [0.3, 0.4) is 0 Å². The smallest absolute Gasteiger partial charge is 0.227 e. The van der Waals surface area contributed by atoms with E-state index in [-0.39, 0.29) is 11.8 Å². The molecule has 34 heavy (non-hydrogen) atoms. The van der Waals surface area contributed by atoms with Gasteiger partial charge in [0, 0.05) is 31.1 Å². The number of anilines is 1. The molecule has 1 amide bonds. The van der Waals surface area contributed by atoms with E-state index in [1.165, 1.54) is 5.56 Å². The topological polar surface area (TPSA) is 56.6 Å². The Balaban J connectivity index is 1.33. The van der Waals surface area contributed by atoms with Gasteiger partial charge in [-0.3, -0.25) is 4.79 Å². The predicted octanol–water partition coefficient (Wildman–Crippen LogP) is 5.34. The Labute approximate surface area is 199 Å². The lowest BCUT2D eigenvalue weighted by molar-refractivity contribution is -0.117. The summed E-state index contributed by atoms with van der Waals surface area (Å²) in [6.45, 7) is 4.10. The van der Waals surface area contributed by atoms with Crippen LogP contribution in [0.5, 0.6) is 11.5 Å². The zero-order valence-electron chi connectivity index (χ0n) is 19.6. The van der Waals surface area contributed by atoms with E-state index < -0.39 is 0 Å². The molecule has 0 radical (unpaired) electrons. The zero-order valence-corrected chi connectivity index (χ0v) is 19.6. The first-order valence-electron chi connectivity index (χ1n) is 11.7. The summed E-state index contributed by atoms with van der Waals surface area (Å²) >= 11 is 0. The number of ether oxygens (including phenoxy) is 2. The first kappa shape index (κ1) is 22.0. The average molecular weight is 456 g/mol. The van der Waals surface area contributed by atoms with E-state index in [2.05, 4.69) is 29.7 Å². The number of aryl methyl sites for hydroxylation is 2. The Morgan fingerprint density at radius 3 is 2.47 bits per heavy atom. The maximum atomic E-state index is 12.9. The van der Waals surface area contributed by atoms with Crippen molar-refractivity contribution in [2.75, 3.05) is 25.2 Å². The summed E-state index contributed by atoms with van der Waals surface area (Å²) in [6.07, 6.45) is 1.30. The summed E-state index contributed by atoms with van der Waals surface area (Å²) in [7, 11) is 1.64. The minimum Gasteiger partial charge on any atom is -0.497 e. The van der Waals surface area contributed by atoms with E-state index in [0.29, 0.717) is 19.6 Å². The highest BCUT2D eigenvalue weighted by Gasteiger charge is 2.34. The normalized spacial score (nSPS) is 15.8. The van der Waals surface area contributed by atoms with Crippen LogP contribution in [0.25, 0.3) is 11.0 Å².